The molecule has 0 amide bonds. The first-order valence-corrected chi connectivity index (χ1v) is 7.98. The molecule has 0 saturated heterocycles. The number of nitrogens with zero attached hydrogens (tertiary/aromatic N) is 2. The number of hydrogen-bond donors (Lipinski definition) is 0. The van der Waals surface area contributed by atoms with Gasteiger partial charge in [0.05, 0.1) is 16.6 Å². The summed E-state index contributed by atoms with van der Waals surface area (Å²) in [5, 5.41) is 4.65. The Kier molecular flexibility index (Phi) is 4.61. The second-order valence-electron chi connectivity index (χ2n) is 6.16. The molecule has 0 aliphatic rings. The van der Waals surface area contributed by atoms with E-state index in [1.807, 2.05) is 32.9 Å². The molecule has 0 radical (unpaired) electrons. The lowest BCUT2D eigenvalue weighted by atomic mass is 10.1. The average Bonchev–Trinajstić information content (AvgIpc) is 3.03. The number of carbonyl (C=O) groups is 2. The van der Waals surface area contributed by atoms with Crippen LogP contribution in [-0.4, -0.2) is 28.5 Å². The summed E-state index contributed by atoms with van der Waals surface area (Å²) in [6.45, 7) is 5.57. The van der Waals surface area contributed by atoms with Crippen LogP contribution in [0.2, 0.25) is 0 Å². The van der Waals surface area contributed by atoms with Crippen LogP contribution in [0.15, 0.2) is 41.1 Å². The summed E-state index contributed by atoms with van der Waals surface area (Å²) >= 11 is 0. The van der Waals surface area contributed by atoms with Crippen LogP contribution in [-0.2, 0) is 4.74 Å². The molecule has 25 heavy (non-hydrogen) atoms. The molecule has 0 saturated carbocycles. The quantitative estimate of drug-likeness (QED) is 0.521. The van der Waals surface area contributed by atoms with E-state index >= 15 is 0 Å². The van der Waals surface area contributed by atoms with E-state index in [1.54, 1.807) is 18.2 Å². The van der Waals surface area contributed by atoms with Gasteiger partial charge in [-0.2, -0.15) is 0 Å². The number of aryl methyl sites for hydroxylation is 1. The molecule has 0 fully saturated rings. The number of hydrogen-bond acceptors (Lipinski definition) is 6. The van der Waals surface area contributed by atoms with Crippen molar-refractivity contribution < 1.29 is 18.8 Å². The predicted octanol–water partition coefficient (Wildman–Crippen LogP) is 3.69. The number of rotatable bonds is 5. The van der Waals surface area contributed by atoms with E-state index in [9.17, 15) is 9.59 Å². The van der Waals surface area contributed by atoms with Gasteiger partial charge in [-0.05, 0) is 18.9 Å². The number of esters is 1. The van der Waals surface area contributed by atoms with Crippen molar-refractivity contribution in [3.8, 4) is 0 Å². The molecular formula is C19H18N2O4. The van der Waals surface area contributed by atoms with E-state index in [4.69, 9.17) is 9.26 Å². The second-order valence-corrected chi connectivity index (χ2v) is 6.16. The predicted molar refractivity (Wildman–Crippen MR) is 91.7 cm³/mol. The van der Waals surface area contributed by atoms with E-state index in [0.717, 1.165) is 11.3 Å². The Bertz CT molecular complexity index is 926. The van der Waals surface area contributed by atoms with Crippen molar-refractivity contribution >= 4 is 22.9 Å². The van der Waals surface area contributed by atoms with Crippen molar-refractivity contribution in [2.24, 2.45) is 0 Å². The van der Waals surface area contributed by atoms with Gasteiger partial charge in [0.1, 0.15) is 0 Å². The molecule has 0 aliphatic carbocycles. The molecule has 6 nitrogen and oxygen atoms in total. The van der Waals surface area contributed by atoms with Gasteiger partial charge in [-0.25, -0.2) is 9.78 Å². The van der Waals surface area contributed by atoms with Crippen molar-refractivity contribution in [2.75, 3.05) is 6.61 Å². The highest BCUT2D eigenvalue weighted by molar-refractivity contribution is 6.00. The van der Waals surface area contributed by atoms with E-state index in [-0.39, 0.29) is 23.9 Å². The van der Waals surface area contributed by atoms with Crippen molar-refractivity contribution in [1.29, 1.82) is 0 Å². The van der Waals surface area contributed by atoms with Gasteiger partial charge in [0.2, 0.25) is 0 Å². The number of ketones is 1. The second kappa shape index (κ2) is 6.84. The molecule has 1 aromatic carbocycles. The van der Waals surface area contributed by atoms with Crippen LogP contribution in [0.4, 0.5) is 0 Å². The molecule has 6 heteroatoms. The molecule has 0 unspecified atom stereocenters. The lowest BCUT2D eigenvalue weighted by Crippen LogP contribution is -2.14. The molecule has 2 heterocycles. The molecule has 2 aromatic heterocycles. The van der Waals surface area contributed by atoms with Crippen molar-refractivity contribution in [3.05, 3.63) is 58.9 Å². The van der Waals surface area contributed by atoms with Gasteiger partial charge >= 0.3 is 5.97 Å². The third-order valence-electron chi connectivity index (χ3n) is 3.85. The number of aromatic nitrogens is 2. The summed E-state index contributed by atoms with van der Waals surface area (Å²) in [5.74, 6) is -0.724. The maximum Gasteiger partial charge on any atom is 0.340 e. The van der Waals surface area contributed by atoms with E-state index in [0.29, 0.717) is 16.7 Å². The van der Waals surface area contributed by atoms with Crippen LogP contribution >= 0.6 is 0 Å². The molecule has 128 valence electrons. The zero-order valence-electron chi connectivity index (χ0n) is 14.3. The summed E-state index contributed by atoms with van der Waals surface area (Å²) in [7, 11) is 0. The molecule has 0 N–H and O–H groups in total. The standard InChI is InChI=1S/C19H18N2O4/c1-11(2)17-15-8-14(9-20-18(15)25-21-17)19(23)24-10-16(22)13-6-4-12(3)5-7-13/h4-9,11H,10H2,1-3H3. The normalized spacial score (nSPS) is 11.0. The highest BCUT2D eigenvalue weighted by Crippen LogP contribution is 2.24. The lowest BCUT2D eigenvalue weighted by molar-refractivity contribution is 0.0474. The summed E-state index contributed by atoms with van der Waals surface area (Å²) in [6.07, 6.45) is 1.36. The number of ether oxygens (including phenoxy) is 1. The third kappa shape index (κ3) is 3.57. The smallest absolute Gasteiger partial charge is 0.340 e. The van der Waals surface area contributed by atoms with E-state index < -0.39 is 5.97 Å². The van der Waals surface area contributed by atoms with Crippen molar-refractivity contribution in [3.63, 3.8) is 0 Å². The minimum Gasteiger partial charge on any atom is -0.454 e. The van der Waals surface area contributed by atoms with Gasteiger partial charge in [0.25, 0.3) is 5.71 Å². The van der Waals surface area contributed by atoms with Gasteiger partial charge < -0.3 is 9.26 Å². The Labute approximate surface area is 144 Å². The van der Waals surface area contributed by atoms with Crippen LogP contribution in [0.5, 0.6) is 0 Å². The molecule has 3 aromatic rings. The minimum absolute atomic E-state index is 0.137. The number of Topliss-reactive ketones (excluding diaryl/α,β-unsaturated/α-hetero) is 1. The Morgan fingerprint density at radius 2 is 1.88 bits per heavy atom. The van der Waals surface area contributed by atoms with Crippen LogP contribution in [0.25, 0.3) is 11.1 Å². The van der Waals surface area contributed by atoms with Crippen molar-refractivity contribution in [2.45, 2.75) is 26.7 Å². The maximum atomic E-state index is 12.2. The summed E-state index contributed by atoms with van der Waals surface area (Å²) in [4.78, 5) is 28.4. The molecular weight excluding hydrogens is 320 g/mol. The van der Waals surface area contributed by atoms with Gasteiger partial charge in [-0.3, -0.25) is 4.79 Å². The van der Waals surface area contributed by atoms with Crippen LogP contribution in [0, 0.1) is 6.92 Å². The highest BCUT2D eigenvalue weighted by Gasteiger charge is 2.17. The SMILES string of the molecule is Cc1ccc(C(=O)COC(=O)c2cnc3onc(C(C)C)c3c2)cc1. The molecule has 0 spiro atoms. The summed E-state index contributed by atoms with van der Waals surface area (Å²) in [5.41, 5.74) is 2.92. The Balaban J connectivity index is 1.72. The largest absolute Gasteiger partial charge is 0.454 e. The molecule has 0 bridgehead atoms. The van der Waals surface area contributed by atoms with Crippen molar-refractivity contribution in [1.82, 2.24) is 10.1 Å². The number of carbonyl (C=O) groups excluding carboxylic acids is 2. The van der Waals surface area contributed by atoms with Gasteiger partial charge in [-0.15, -0.1) is 0 Å². The van der Waals surface area contributed by atoms with Crippen LogP contribution in [0.3, 0.4) is 0 Å². The Morgan fingerprint density at radius 1 is 1.16 bits per heavy atom. The Morgan fingerprint density at radius 3 is 2.56 bits per heavy atom. The Hall–Kier alpha value is -3.02. The van der Waals surface area contributed by atoms with E-state index in [1.165, 1.54) is 6.20 Å². The third-order valence-corrected chi connectivity index (χ3v) is 3.85. The first-order chi connectivity index (χ1) is 12.0. The monoisotopic (exact) mass is 338 g/mol. The fourth-order valence-corrected chi connectivity index (χ4v) is 2.42. The van der Waals surface area contributed by atoms with Gasteiger partial charge in [0.15, 0.2) is 12.4 Å². The average molecular weight is 338 g/mol. The number of benzene rings is 1. The first kappa shape index (κ1) is 16.8. The molecule has 0 atom stereocenters. The highest BCUT2D eigenvalue weighted by atomic mass is 16.5. The fourth-order valence-electron chi connectivity index (χ4n) is 2.42. The summed E-state index contributed by atoms with van der Waals surface area (Å²) in [6, 6.07) is 8.74. The zero-order valence-corrected chi connectivity index (χ0v) is 14.3. The molecule has 0 aliphatic heterocycles. The minimum atomic E-state index is -0.606. The lowest BCUT2D eigenvalue weighted by Gasteiger charge is -2.05. The van der Waals surface area contributed by atoms with E-state index in [2.05, 4.69) is 10.1 Å². The van der Waals surface area contributed by atoms with Crippen LogP contribution in [0.1, 0.15) is 51.7 Å². The summed E-state index contributed by atoms with van der Waals surface area (Å²) < 4.78 is 10.3. The first-order valence-electron chi connectivity index (χ1n) is 7.98. The number of pyridine rings is 1. The molecule has 3 rings (SSSR count). The zero-order chi connectivity index (χ0) is 18.0. The maximum absolute atomic E-state index is 12.2. The number of fused-ring (bicyclic) bond motifs is 1. The van der Waals surface area contributed by atoms with Crippen LogP contribution < -0.4 is 0 Å². The topological polar surface area (TPSA) is 82.3 Å². The van der Waals surface area contributed by atoms with Gasteiger partial charge in [0, 0.05) is 11.8 Å². The van der Waals surface area contributed by atoms with Gasteiger partial charge in [-0.1, -0.05) is 48.8 Å². The fraction of sp³-hybridized carbons (Fsp3) is 0.263.